The number of nitrogens with zero attached hydrogens (tertiary/aromatic N) is 3. The number of hydrogen-bond donors (Lipinski definition) is 1. The van der Waals surface area contributed by atoms with Crippen molar-refractivity contribution in [1.29, 1.82) is 0 Å². The lowest BCUT2D eigenvalue weighted by atomic mass is 10.3. The van der Waals surface area contributed by atoms with Gasteiger partial charge in [0.05, 0.1) is 12.2 Å². The lowest BCUT2D eigenvalue weighted by molar-refractivity contribution is 0.545. The van der Waals surface area contributed by atoms with Gasteiger partial charge in [-0.3, -0.25) is 0 Å². The molecule has 0 aliphatic carbocycles. The van der Waals surface area contributed by atoms with Gasteiger partial charge >= 0.3 is 0 Å². The van der Waals surface area contributed by atoms with Gasteiger partial charge in [0.1, 0.15) is 16.5 Å². The standard InChI is InChI=1S/C16H18F2N4O2S/c1-11-8-13(21-16(20-11)22-6-2-3-7-22)10-19-25(23,24)15-9-12(17)4-5-14(15)18/h4-5,8-9,19H,2-3,6-7,10H2,1H3. The lowest BCUT2D eigenvalue weighted by Crippen LogP contribution is -2.26. The van der Waals surface area contributed by atoms with Crippen molar-refractivity contribution >= 4 is 16.0 Å². The van der Waals surface area contributed by atoms with E-state index < -0.39 is 26.6 Å². The van der Waals surface area contributed by atoms with Crippen LogP contribution in [0.1, 0.15) is 24.2 Å². The number of halogens is 2. The topological polar surface area (TPSA) is 75.2 Å². The third-order valence-electron chi connectivity index (χ3n) is 3.91. The molecule has 0 amide bonds. The molecule has 0 bridgehead atoms. The minimum Gasteiger partial charge on any atom is -0.341 e. The highest BCUT2D eigenvalue weighted by Crippen LogP contribution is 2.18. The van der Waals surface area contributed by atoms with Crippen LogP contribution in [-0.2, 0) is 16.6 Å². The van der Waals surface area contributed by atoms with Crippen molar-refractivity contribution in [2.45, 2.75) is 31.2 Å². The van der Waals surface area contributed by atoms with Crippen LogP contribution in [0.2, 0.25) is 0 Å². The van der Waals surface area contributed by atoms with Crippen LogP contribution >= 0.6 is 0 Å². The van der Waals surface area contributed by atoms with Gasteiger partial charge in [0.15, 0.2) is 0 Å². The van der Waals surface area contributed by atoms with Gasteiger partial charge in [0.2, 0.25) is 16.0 Å². The maximum Gasteiger partial charge on any atom is 0.243 e. The normalized spacial score (nSPS) is 14.9. The Kier molecular flexibility index (Phi) is 4.96. The number of anilines is 1. The Morgan fingerprint density at radius 3 is 2.60 bits per heavy atom. The van der Waals surface area contributed by atoms with E-state index in [9.17, 15) is 17.2 Å². The SMILES string of the molecule is Cc1cc(CNS(=O)(=O)c2cc(F)ccc2F)nc(N2CCCC2)n1. The number of rotatable bonds is 5. The highest BCUT2D eigenvalue weighted by Gasteiger charge is 2.21. The predicted molar refractivity (Wildman–Crippen MR) is 88.6 cm³/mol. The molecular weight excluding hydrogens is 350 g/mol. The summed E-state index contributed by atoms with van der Waals surface area (Å²) in [5.41, 5.74) is 1.18. The fraction of sp³-hybridized carbons (Fsp3) is 0.375. The smallest absolute Gasteiger partial charge is 0.243 e. The van der Waals surface area contributed by atoms with E-state index in [-0.39, 0.29) is 6.54 Å². The van der Waals surface area contributed by atoms with Gasteiger partial charge in [-0.2, -0.15) is 0 Å². The summed E-state index contributed by atoms with van der Waals surface area (Å²) in [6.45, 7) is 3.39. The van der Waals surface area contributed by atoms with E-state index in [1.165, 1.54) is 0 Å². The van der Waals surface area contributed by atoms with Crippen molar-refractivity contribution < 1.29 is 17.2 Å². The van der Waals surface area contributed by atoms with Crippen LogP contribution in [0, 0.1) is 18.6 Å². The zero-order chi connectivity index (χ0) is 18.0. The molecule has 25 heavy (non-hydrogen) atoms. The van der Waals surface area contributed by atoms with E-state index in [0.717, 1.165) is 38.1 Å². The number of sulfonamides is 1. The molecule has 0 saturated carbocycles. The maximum atomic E-state index is 13.7. The first-order valence-corrected chi connectivity index (χ1v) is 9.38. The molecule has 1 aliphatic rings. The summed E-state index contributed by atoms with van der Waals surface area (Å²) in [5, 5.41) is 0. The lowest BCUT2D eigenvalue weighted by Gasteiger charge is -2.16. The average Bonchev–Trinajstić information content (AvgIpc) is 3.09. The molecule has 6 nitrogen and oxygen atoms in total. The first-order chi connectivity index (χ1) is 11.8. The van der Waals surface area contributed by atoms with Crippen LogP contribution in [0.3, 0.4) is 0 Å². The number of nitrogens with one attached hydrogen (secondary N) is 1. The Bertz CT molecular complexity index is 884. The molecule has 1 saturated heterocycles. The summed E-state index contributed by atoms with van der Waals surface area (Å²) >= 11 is 0. The largest absolute Gasteiger partial charge is 0.341 e. The second kappa shape index (κ2) is 7.01. The highest BCUT2D eigenvalue weighted by molar-refractivity contribution is 7.89. The summed E-state index contributed by atoms with van der Waals surface area (Å²) in [6.07, 6.45) is 2.14. The van der Waals surface area contributed by atoms with Crippen molar-refractivity contribution in [3.63, 3.8) is 0 Å². The minimum absolute atomic E-state index is 0.136. The molecule has 2 aromatic rings. The van der Waals surface area contributed by atoms with Gasteiger partial charge in [-0.05, 0) is 44.0 Å². The highest BCUT2D eigenvalue weighted by atomic mass is 32.2. The van der Waals surface area contributed by atoms with E-state index in [1.807, 2.05) is 4.90 Å². The van der Waals surface area contributed by atoms with Gasteiger partial charge in [-0.15, -0.1) is 0 Å². The molecule has 0 atom stereocenters. The van der Waals surface area contributed by atoms with Gasteiger partial charge in [-0.1, -0.05) is 0 Å². The van der Waals surface area contributed by atoms with E-state index in [1.54, 1.807) is 13.0 Å². The van der Waals surface area contributed by atoms with Crippen LogP contribution in [0.5, 0.6) is 0 Å². The van der Waals surface area contributed by atoms with Crippen molar-refractivity contribution in [2.24, 2.45) is 0 Å². The third kappa shape index (κ3) is 4.10. The van der Waals surface area contributed by atoms with Crippen molar-refractivity contribution in [3.05, 3.63) is 47.3 Å². The molecule has 0 radical (unpaired) electrons. The number of benzene rings is 1. The zero-order valence-corrected chi connectivity index (χ0v) is 14.5. The van der Waals surface area contributed by atoms with Gasteiger partial charge in [-0.25, -0.2) is 31.9 Å². The van der Waals surface area contributed by atoms with Crippen LogP contribution in [-0.4, -0.2) is 31.5 Å². The molecule has 0 spiro atoms. The van der Waals surface area contributed by atoms with Crippen molar-refractivity contribution in [2.75, 3.05) is 18.0 Å². The number of aromatic nitrogens is 2. The molecule has 1 aromatic carbocycles. The number of aryl methyl sites for hydroxylation is 1. The van der Waals surface area contributed by atoms with E-state index in [0.29, 0.717) is 23.4 Å². The first kappa shape index (κ1) is 17.7. The maximum absolute atomic E-state index is 13.7. The van der Waals surface area contributed by atoms with Gasteiger partial charge in [0, 0.05) is 18.8 Å². The van der Waals surface area contributed by atoms with Gasteiger partial charge < -0.3 is 4.90 Å². The molecule has 1 N–H and O–H groups in total. The average molecular weight is 368 g/mol. The molecule has 2 heterocycles. The second-order valence-electron chi connectivity index (χ2n) is 5.89. The summed E-state index contributed by atoms with van der Waals surface area (Å²) in [4.78, 5) is 10.1. The quantitative estimate of drug-likeness (QED) is 0.875. The Morgan fingerprint density at radius 2 is 1.88 bits per heavy atom. The van der Waals surface area contributed by atoms with Crippen molar-refractivity contribution in [3.8, 4) is 0 Å². The zero-order valence-electron chi connectivity index (χ0n) is 13.7. The van der Waals surface area contributed by atoms with Crippen molar-refractivity contribution in [1.82, 2.24) is 14.7 Å². The summed E-state index contributed by atoms with van der Waals surface area (Å²) in [7, 11) is -4.20. The molecule has 9 heteroatoms. The summed E-state index contributed by atoms with van der Waals surface area (Å²) in [5.74, 6) is -1.27. The second-order valence-corrected chi connectivity index (χ2v) is 7.63. The van der Waals surface area contributed by atoms with Crippen LogP contribution in [0.4, 0.5) is 14.7 Å². The van der Waals surface area contributed by atoms with E-state index in [2.05, 4.69) is 14.7 Å². The summed E-state index contributed by atoms with van der Waals surface area (Å²) in [6, 6.07) is 3.96. The minimum atomic E-state index is -4.20. The molecule has 1 fully saturated rings. The van der Waals surface area contributed by atoms with Gasteiger partial charge in [0.25, 0.3) is 0 Å². The Hall–Kier alpha value is -2.13. The fourth-order valence-corrected chi connectivity index (χ4v) is 3.78. The van der Waals surface area contributed by atoms with Crippen LogP contribution in [0.25, 0.3) is 0 Å². The molecule has 0 unspecified atom stereocenters. The molecular formula is C16H18F2N4O2S. The Balaban J connectivity index is 1.79. The first-order valence-electron chi connectivity index (χ1n) is 7.89. The summed E-state index contributed by atoms with van der Waals surface area (Å²) < 4.78 is 53.7. The fourth-order valence-electron chi connectivity index (χ4n) is 2.70. The molecule has 134 valence electrons. The predicted octanol–water partition coefficient (Wildman–Crippen LogP) is 2.14. The van der Waals surface area contributed by atoms with E-state index in [4.69, 9.17) is 0 Å². The Morgan fingerprint density at radius 1 is 1.16 bits per heavy atom. The third-order valence-corrected chi connectivity index (χ3v) is 5.33. The number of hydrogen-bond acceptors (Lipinski definition) is 5. The van der Waals surface area contributed by atoms with Crippen LogP contribution in [0.15, 0.2) is 29.2 Å². The van der Waals surface area contributed by atoms with E-state index >= 15 is 0 Å². The molecule has 1 aliphatic heterocycles. The monoisotopic (exact) mass is 368 g/mol. The van der Waals surface area contributed by atoms with Crippen LogP contribution < -0.4 is 9.62 Å². The molecule has 3 rings (SSSR count). The Labute approximate surface area is 145 Å². The molecule has 1 aromatic heterocycles.